The smallest absolute Gasteiger partial charge is 0.232 e. The van der Waals surface area contributed by atoms with Crippen LogP contribution in [0.2, 0.25) is 0 Å². The third-order valence-corrected chi connectivity index (χ3v) is 7.15. The Morgan fingerprint density at radius 3 is 2.75 bits per heavy atom. The first-order valence-corrected chi connectivity index (χ1v) is 12.3. The minimum absolute atomic E-state index is 0.122. The lowest BCUT2D eigenvalue weighted by molar-refractivity contribution is -0.132. The van der Waals surface area contributed by atoms with Crippen molar-refractivity contribution in [3.8, 4) is 5.75 Å². The first-order chi connectivity index (χ1) is 16.9. The van der Waals surface area contributed by atoms with Gasteiger partial charge in [-0.05, 0) is 69.9 Å². The van der Waals surface area contributed by atoms with Crippen LogP contribution in [0.4, 0.5) is 4.39 Å². The average Bonchev–Trinajstić information content (AvgIpc) is 3.56. The number of guanidine groups is 1. The van der Waals surface area contributed by atoms with Crippen LogP contribution in [0.5, 0.6) is 5.75 Å². The van der Waals surface area contributed by atoms with Gasteiger partial charge in [0, 0.05) is 30.3 Å². The van der Waals surface area contributed by atoms with Gasteiger partial charge in [-0.3, -0.25) is 19.5 Å². The number of rotatable bonds is 5. The third-order valence-electron chi connectivity index (χ3n) is 7.15. The van der Waals surface area contributed by atoms with Gasteiger partial charge in [0.1, 0.15) is 17.2 Å². The summed E-state index contributed by atoms with van der Waals surface area (Å²) in [6, 6.07) is 7.26. The Hall–Kier alpha value is -3.49. The van der Waals surface area contributed by atoms with Crippen molar-refractivity contribution in [2.75, 3.05) is 0 Å². The molecule has 2 amide bonds. The second-order valence-corrected chi connectivity index (χ2v) is 11.3. The number of carbonyl (C=O) groups is 2. The summed E-state index contributed by atoms with van der Waals surface area (Å²) in [5, 5.41) is 3.13. The van der Waals surface area contributed by atoms with Gasteiger partial charge in [0.2, 0.25) is 11.8 Å². The fourth-order valence-electron chi connectivity index (χ4n) is 5.52. The molecule has 8 nitrogen and oxygen atoms in total. The van der Waals surface area contributed by atoms with E-state index in [1.165, 1.54) is 17.0 Å². The first kappa shape index (κ1) is 24.2. The van der Waals surface area contributed by atoms with Crippen molar-refractivity contribution in [3.05, 3.63) is 59.7 Å². The molecular formula is C27H32FN5O3. The van der Waals surface area contributed by atoms with Gasteiger partial charge in [-0.2, -0.15) is 0 Å². The Kier molecular flexibility index (Phi) is 5.76. The van der Waals surface area contributed by atoms with Crippen LogP contribution in [0.25, 0.3) is 0 Å². The van der Waals surface area contributed by atoms with Gasteiger partial charge >= 0.3 is 0 Å². The highest BCUT2D eigenvalue weighted by Crippen LogP contribution is 2.51. The largest absolute Gasteiger partial charge is 0.487 e. The molecule has 4 atom stereocenters. The molecular weight excluding hydrogens is 461 g/mol. The first-order valence-electron chi connectivity index (χ1n) is 12.3. The molecule has 1 fully saturated rings. The van der Waals surface area contributed by atoms with Crippen LogP contribution in [-0.4, -0.2) is 38.8 Å². The molecule has 3 aliphatic rings. The van der Waals surface area contributed by atoms with E-state index >= 15 is 0 Å². The van der Waals surface area contributed by atoms with Crippen LogP contribution in [0.15, 0.2) is 47.7 Å². The van der Waals surface area contributed by atoms with E-state index in [1.807, 2.05) is 33.8 Å². The summed E-state index contributed by atoms with van der Waals surface area (Å²) < 4.78 is 20.0. The standard InChI is InChI=1S/C27H32FN5O3/c1-26(2)13-22(34)33(25(29)32-26)23(15-6-5-9-30-14-15)17-11-18(17)24(35)31-20-12-27(3,4)36-21-8-7-16(28)10-19(20)21/h5-10,14,17-18,20,23H,11-13H2,1-4H3,(H2,29,32)(H,31,35)/t17-,18-,20?,23+/m0/s1. The van der Waals surface area contributed by atoms with Crippen molar-refractivity contribution >= 4 is 17.8 Å². The van der Waals surface area contributed by atoms with Gasteiger partial charge in [0.15, 0.2) is 5.96 Å². The normalized spacial score (nSPS) is 26.8. The van der Waals surface area contributed by atoms with Crippen molar-refractivity contribution in [1.29, 1.82) is 0 Å². The van der Waals surface area contributed by atoms with E-state index in [0.717, 1.165) is 5.56 Å². The topological polar surface area (TPSA) is 110 Å². The molecule has 1 aliphatic carbocycles. The maximum absolute atomic E-state index is 14.0. The van der Waals surface area contributed by atoms with Crippen LogP contribution in [0.1, 0.15) is 70.2 Å². The molecule has 1 aromatic carbocycles. The second kappa shape index (κ2) is 8.57. The number of halogens is 1. The number of ether oxygens (including phenoxy) is 1. The molecule has 2 aromatic rings. The lowest BCUT2D eigenvalue weighted by Crippen LogP contribution is -2.52. The van der Waals surface area contributed by atoms with Gasteiger partial charge in [0.05, 0.1) is 24.0 Å². The number of pyridine rings is 1. The Morgan fingerprint density at radius 2 is 2.06 bits per heavy atom. The number of nitrogens with one attached hydrogen (secondary N) is 1. The number of nitrogens with zero attached hydrogens (tertiary/aromatic N) is 3. The van der Waals surface area contributed by atoms with E-state index in [9.17, 15) is 14.0 Å². The molecule has 0 radical (unpaired) electrons. The van der Waals surface area contributed by atoms with Crippen LogP contribution >= 0.6 is 0 Å². The van der Waals surface area contributed by atoms with Crippen LogP contribution in [-0.2, 0) is 9.59 Å². The van der Waals surface area contributed by atoms with Crippen LogP contribution in [0, 0.1) is 17.7 Å². The number of hydrogen-bond acceptors (Lipinski definition) is 6. The predicted molar refractivity (Wildman–Crippen MR) is 132 cm³/mol. The average molecular weight is 494 g/mol. The van der Waals surface area contributed by atoms with E-state index in [-0.39, 0.29) is 47.9 Å². The Bertz CT molecular complexity index is 1230. The number of benzene rings is 1. The lowest BCUT2D eigenvalue weighted by atomic mass is 9.89. The number of aliphatic imine (C=N–C) groups is 1. The SMILES string of the molecule is CC1(C)CC(=O)N([C@H](c2cccnc2)[C@H]2C[C@@H]2C(=O)NC2CC(C)(C)Oc3ccc(F)cc32)C(N)=N1. The number of fused-ring (bicyclic) bond motifs is 1. The molecule has 1 unspecified atom stereocenters. The van der Waals surface area contributed by atoms with Crippen molar-refractivity contribution in [2.45, 2.75) is 70.2 Å². The highest BCUT2D eigenvalue weighted by molar-refractivity contribution is 5.99. The van der Waals surface area contributed by atoms with E-state index in [0.29, 0.717) is 24.2 Å². The third kappa shape index (κ3) is 4.66. The minimum Gasteiger partial charge on any atom is -0.487 e. The maximum Gasteiger partial charge on any atom is 0.232 e. The van der Waals surface area contributed by atoms with Crippen molar-refractivity contribution in [3.63, 3.8) is 0 Å². The van der Waals surface area contributed by atoms with E-state index in [4.69, 9.17) is 10.5 Å². The number of amides is 2. The molecule has 36 heavy (non-hydrogen) atoms. The quantitative estimate of drug-likeness (QED) is 0.661. The number of aromatic nitrogens is 1. The van der Waals surface area contributed by atoms with Crippen LogP contribution in [0.3, 0.4) is 0 Å². The predicted octanol–water partition coefficient (Wildman–Crippen LogP) is 3.64. The molecule has 9 heteroatoms. The van der Waals surface area contributed by atoms with Gasteiger partial charge < -0.3 is 15.8 Å². The second-order valence-electron chi connectivity index (χ2n) is 11.3. The lowest BCUT2D eigenvalue weighted by Gasteiger charge is -2.38. The summed E-state index contributed by atoms with van der Waals surface area (Å²) in [4.78, 5) is 37.0. The van der Waals surface area contributed by atoms with Gasteiger partial charge in [-0.15, -0.1) is 0 Å². The summed E-state index contributed by atoms with van der Waals surface area (Å²) in [6.45, 7) is 7.64. The number of carbonyl (C=O) groups excluding carboxylic acids is 2. The molecule has 1 aromatic heterocycles. The molecule has 1 saturated carbocycles. The summed E-state index contributed by atoms with van der Waals surface area (Å²) >= 11 is 0. The molecule has 3 N–H and O–H groups in total. The van der Waals surface area contributed by atoms with Gasteiger partial charge in [-0.1, -0.05) is 6.07 Å². The van der Waals surface area contributed by atoms with Gasteiger partial charge in [0.25, 0.3) is 0 Å². The molecule has 5 rings (SSSR count). The number of nitrogens with two attached hydrogens (primary N) is 1. The summed E-state index contributed by atoms with van der Waals surface area (Å²) in [5.41, 5.74) is 6.66. The number of hydrogen-bond donors (Lipinski definition) is 2. The summed E-state index contributed by atoms with van der Waals surface area (Å²) in [7, 11) is 0. The van der Waals surface area contributed by atoms with Crippen molar-refractivity contribution in [2.24, 2.45) is 22.6 Å². The molecule has 0 spiro atoms. The molecule has 0 saturated heterocycles. The molecule has 2 aliphatic heterocycles. The van der Waals surface area contributed by atoms with E-state index < -0.39 is 17.2 Å². The van der Waals surface area contributed by atoms with Crippen molar-refractivity contribution < 1.29 is 18.7 Å². The highest BCUT2D eigenvalue weighted by atomic mass is 19.1. The highest BCUT2D eigenvalue weighted by Gasteiger charge is 2.53. The van der Waals surface area contributed by atoms with Crippen molar-refractivity contribution in [1.82, 2.24) is 15.2 Å². The Labute approximate surface area is 210 Å². The molecule has 190 valence electrons. The van der Waals surface area contributed by atoms with Gasteiger partial charge in [-0.25, -0.2) is 9.38 Å². The summed E-state index contributed by atoms with van der Waals surface area (Å²) in [6.07, 6.45) is 4.71. The fourth-order valence-corrected chi connectivity index (χ4v) is 5.52. The maximum atomic E-state index is 14.0. The van der Waals surface area contributed by atoms with E-state index in [2.05, 4.69) is 15.3 Å². The molecule has 3 heterocycles. The minimum atomic E-state index is -0.573. The Morgan fingerprint density at radius 1 is 1.28 bits per heavy atom. The Balaban J connectivity index is 1.40. The fraction of sp³-hybridized carbons (Fsp3) is 0.481. The van der Waals surface area contributed by atoms with E-state index in [1.54, 1.807) is 24.5 Å². The zero-order valence-electron chi connectivity index (χ0n) is 21.0. The zero-order valence-corrected chi connectivity index (χ0v) is 21.0. The summed E-state index contributed by atoms with van der Waals surface area (Å²) in [5.74, 6) is -0.369. The molecule has 0 bridgehead atoms. The van der Waals surface area contributed by atoms with Crippen LogP contribution < -0.4 is 15.8 Å². The monoisotopic (exact) mass is 493 g/mol. The zero-order chi connectivity index (χ0) is 25.8.